The molecule has 2 fully saturated rings. The van der Waals surface area contributed by atoms with Crippen LogP contribution in [0.2, 0.25) is 0 Å². The van der Waals surface area contributed by atoms with Gasteiger partial charge in [-0.3, -0.25) is 14.3 Å². The zero-order valence-corrected chi connectivity index (χ0v) is 12.7. The van der Waals surface area contributed by atoms with Crippen molar-refractivity contribution in [3.8, 4) is 0 Å². The van der Waals surface area contributed by atoms with E-state index in [0.717, 1.165) is 32.1 Å². The minimum atomic E-state index is -1.33. The van der Waals surface area contributed by atoms with Crippen molar-refractivity contribution in [1.82, 2.24) is 9.55 Å². The molecule has 3 rings (SSSR count). The number of H-pyrrole nitrogens is 1. The number of aliphatic hydroxyl groups is 3. The molecule has 2 aliphatic rings. The maximum Gasteiger partial charge on any atom is 0.328 e. The van der Waals surface area contributed by atoms with Crippen LogP contribution in [-0.4, -0.2) is 49.8 Å². The van der Waals surface area contributed by atoms with Crippen molar-refractivity contribution >= 4 is 0 Å². The van der Waals surface area contributed by atoms with Gasteiger partial charge in [-0.15, -0.1) is 0 Å². The first-order valence-corrected chi connectivity index (χ1v) is 8.00. The van der Waals surface area contributed by atoms with Crippen LogP contribution in [-0.2, 0) is 4.74 Å². The Kier molecular flexibility index (Phi) is 4.67. The highest BCUT2D eigenvalue weighted by Crippen LogP contribution is 2.32. The van der Waals surface area contributed by atoms with Crippen LogP contribution in [0.3, 0.4) is 0 Å². The van der Waals surface area contributed by atoms with Gasteiger partial charge in [-0.05, 0) is 12.8 Å². The van der Waals surface area contributed by atoms with Gasteiger partial charge in [0.15, 0.2) is 0 Å². The molecule has 0 unspecified atom stereocenters. The average Bonchev–Trinajstić information content (AvgIpc) is 2.84. The van der Waals surface area contributed by atoms with Crippen molar-refractivity contribution in [2.24, 2.45) is 0 Å². The summed E-state index contributed by atoms with van der Waals surface area (Å²) in [6, 6.07) is 0.0176. The van der Waals surface area contributed by atoms with Crippen LogP contribution in [0.25, 0.3) is 0 Å². The van der Waals surface area contributed by atoms with E-state index in [2.05, 4.69) is 4.98 Å². The SMILES string of the molecule is O=c1[nH]c(=O)n(C2CCCCC2)cc1[C@@H]1O[C@H](CO)[C@@H](O)[C@H]1O. The summed E-state index contributed by atoms with van der Waals surface area (Å²) in [7, 11) is 0. The molecule has 128 valence electrons. The van der Waals surface area contributed by atoms with Gasteiger partial charge in [-0.2, -0.15) is 0 Å². The maximum absolute atomic E-state index is 12.1. The molecule has 1 aliphatic heterocycles. The van der Waals surface area contributed by atoms with E-state index in [1.165, 1.54) is 10.8 Å². The van der Waals surface area contributed by atoms with Gasteiger partial charge in [0, 0.05) is 12.2 Å². The lowest BCUT2D eigenvalue weighted by atomic mass is 9.95. The summed E-state index contributed by atoms with van der Waals surface area (Å²) in [6.45, 7) is -0.463. The fourth-order valence-corrected chi connectivity index (χ4v) is 3.49. The van der Waals surface area contributed by atoms with Gasteiger partial charge < -0.3 is 20.1 Å². The summed E-state index contributed by atoms with van der Waals surface area (Å²) >= 11 is 0. The normalized spacial score (nSPS) is 32.3. The third-order valence-corrected chi connectivity index (χ3v) is 4.81. The van der Waals surface area contributed by atoms with Crippen LogP contribution in [0.1, 0.15) is 49.8 Å². The van der Waals surface area contributed by atoms with Gasteiger partial charge in [0.05, 0.1) is 12.2 Å². The largest absolute Gasteiger partial charge is 0.394 e. The van der Waals surface area contributed by atoms with Gasteiger partial charge in [0.25, 0.3) is 5.56 Å². The molecule has 0 spiro atoms. The van der Waals surface area contributed by atoms with Gasteiger partial charge in [0.1, 0.15) is 24.4 Å². The smallest absolute Gasteiger partial charge is 0.328 e. The van der Waals surface area contributed by atoms with Crippen molar-refractivity contribution < 1.29 is 20.1 Å². The summed E-state index contributed by atoms with van der Waals surface area (Å²) in [5.41, 5.74) is -1.02. The Hall–Kier alpha value is -1.48. The minimum Gasteiger partial charge on any atom is -0.394 e. The van der Waals surface area contributed by atoms with Gasteiger partial charge in [-0.1, -0.05) is 19.3 Å². The average molecular weight is 326 g/mol. The standard InChI is InChI=1S/C15H22N2O6/c18-7-10-11(19)12(20)13(23-10)9-6-17(15(22)16-14(9)21)8-4-2-1-3-5-8/h6,8,10-13,18-20H,1-5,7H2,(H,16,21,22)/t10-,11-,12-,13+/m1/s1. The van der Waals surface area contributed by atoms with Crippen LogP contribution < -0.4 is 11.2 Å². The quantitative estimate of drug-likeness (QED) is 0.576. The van der Waals surface area contributed by atoms with Crippen LogP contribution >= 0.6 is 0 Å². The second kappa shape index (κ2) is 6.56. The van der Waals surface area contributed by atoms with E-state index in [0.29, 0.717) is 0 Å². The van der Waals surface area contributed by atoms with E-state index >= 15 is 0 Å². The van der Waals surface area contributed by atoms with Crippen molar-refractivity contribution in [3.05, 3.63) is 32.6 Å². The number of nitrogens with one attached hydrogen (secondary N) is 1. The fraction of sp³-hybridized carbons (Fsp3) is 0.733. The minimum absolute atomic E-state index is 0.0176. The molecule has 1 saturated carbocycles. The van der Waals surface area contributed by atoms with Crippen LogP contribution in [0.15, 0.2) is 15.8 Å². The predicted octanol–water partition coefficient (Wildman–Crippen LogP) is -0.804. The maximum atomic E-state index is 12.1. The topological polar surface area (TPSA) is 125 Å². The molecule has 0 aromatic carbocycles. The van der Waals surface area contributed by atoms with E-state index in [1.807, 2.05) is 0 Å². The zero-order valence-electron chi connectivity index (χ0n) is 12.7. The number of ether oxygens (including phenoxy) is 1. The first-order valence-electron chi connectivity index (χ1n) is 8.00. The molecular formula is C15H22N2O6. The highest BCUT2D eigenvalue weighted by Gasteiger charge is 2.44. The summed E-state index contributed by atoms with van der Waals surface area (Å²) in [6.07, 6.45) is 1.71. The Labute approximate surface area is 132 Å². The van der Waals surface area contributed by atoms with Crippen molar-refractivity contribution in [1.29, 1.82) is 0 Å². The number of rotatable bonds is 3. The molecule has 1 aromatic heterocycles. The third kappa shape index (κ3) is 2.99. The molecule has 4 N–H and O–H groups in total. The second-order valence-electron chi connectivity index (χ2n) is 6.30. The molecule has 4 atom stereocenters. The molecule has 23 heavy (non-hydrogen) atoms. The fourth-order valence-electron chi connectivity index (χ4n) is 3.49. The third-order valence-electron chi connectivity index (χ3n) is 4.81. The van der Waals surface area contributed by atoms with Crippen molar-refractivity contribution in [2.45, 2.75) is 62.6 Å². The molecule has 1 aromatic rings. The van der Waals surface area contributed by atoms with E-state index in [1.54, 1.807) is 0 Å². The molecule has 1 saturated heterocycles. The molecule has 0 amide bonds. The number of hydrogen-bond acceptors (Lipinski definition) is 6. The van der Waals surface area contributed by atoms with Crippen LogP contribution in [0.4, 0.5) is 0 Å². The Bertz CT molecular complexity index is 663. The lowest BCUT2D eigenvalue weighted by Gasteiger charge is -2.24. The summed E-state index contributed by atoms with van der Waals surface area (Å²) in [5, 5.41) is 29.1. The molecule has 8 heteroatoms. The molecule has 0 radical (unpaired) electrons. The predicted molar refractivity (Wildman–Crippen MR) is 80.2 cm³/mol. The van der Waals surface area contributed by atoms with Crippen LogP contribution in [0, 0.1) is 0 Å². The Balaban J connectivity index is 1.96. The van der Waals surface area contributed by atoms with Gasteiger partial charge >= 0.3 is 5.69 Å². The Morgan fingerprint density at radius 3 is 2.48 bits per heavy atom. The van der Waals surface area contributed by atoms with Gasteiger partial charge in [-0.25, -0.2) is 4.79 Å². The second-order valence-corrected chi connectivity index (χ2v) is 6.30. The Morgan fingerprint density at radius 1 is 1.17 bits per heavy atom. The van der Waals surface area contributed by atoms with E-state index in [4.69, 9.17) is 9.84 Å². The first kappa shape index (κ1) is 16.4. The number of aromatic nitrogens is 2. The highest BCUT2D eigenvalue weighted by atomic mass is 16.6. The molecule has 2 heterocycles. The zero-order chi connectivity index (χ0) is 16.6. The number of nitrogens with zero attached hydrogens (tertiary/aromatic N) is 1. The van der Waals surface area contributed by atoms with Crippen molar-refractivity contribution in [3.63, 3.8) is 0 Å². The summed E-state index contributed by atoms with van der Waals surface area (Å²) in [5.74, 6) is 0. The molecule has 1 aliphatic carbocycles. The number of aromatic amines is 1. The molecule has 0 bridgehead atoms. The van der Waals surface area contributed by atoms with Crippen LogP contribution in [0.5, 0.6) is 0 Å². The summed E-state index contributed by atoms with van der Waals surface area (Å²) < 4.78 is 6.89. The van der Waals surface area contributed by atoms with Crippen molar-refractivity contribution in [2.75, 3.05) is 6.61 Å². The lowest BCUT2D eigenvalue weighted by Crippen LogP contribution is -2.37. The van der Waals surface area contributed by atoms with E-state index in [9.17, 15) is 19.8 Å². The molecule has 8 nitrogen and oxygen atoms in total. The summed E-state index contributed by atoms with van der Waals surface area (Å²) in [4.78, 5) is 26.5. The Morgan fingerprint density at radius 2 is 1.87 bits per heavy atom. The highest BCUT2D eigenvalue weighted by molar-refractivity contribution is 5.14. The number of aliphatic hydroxyl groups excluding tert-OH is 3. The molecular weight excluding hydrogens is 304 g/mol. The van der Waals surface area contributed by atoms with E-state index < -0.39 is 42.3 Å². The van der Waals surface area contributed by atoms with Gasteiger partial charge in [0.2, 0.25) is 0 Å². The first-order chi connectivity index (χ1) is 11.0. The number of hydrogen-bond donors (Lipinski definition) is 4. The lowest BCUT2D eigenvalue weighted by molar-refractivity contribution is -0.0234. The monoisotopic (exact) mass is 326 g/mol. The van der Waals surface area contributed by atoms with E-state index in [-0.39, 0.29) is 11.6 Å².